The van der Waals surface area contributed by atoms with E-state index < -0.39 is 22.0 Å². The van der Waals surface area contributed by atoms with E-state index in [1.54, 1.807) is 26.0 Å². The molecule has 9 heteroatoms. The minimum Gasteiger partial charge on any atom is -0.481 e. The van der Waals surface area contributed by atoms with E-state index in [4.69, 9.17) is 16.3 Å². The number of sulfonamides is 1. The lowest BCUT2D eigenvalue weighted by atomic mass is 10.1. The van der Waals surface area contributed by atoms with Crippen LogP contribution in [0.3, 0.4) is 0 Å². The molecule has 0 aliphatic rings. The molecule has 0 bridgehead atoms. The number of ether oxygens (including phenoxy) is 1. The van der Waals surface area contributed by atoms with Crippen LogP contribution < -0.4 is 14.8 Å². The van der Waals surface area contributed by atoms with Crippen LogP contribution in [0.5, 0.6) is 5.88 Å². The van der Waals surface area contributed by atoms with Crippen molar-refractivity contribution in [3.05, 3.63) is 47.6 Å². The van der Waals surface area contributed by atoms with Crippen molar-refractivity contribution in [3.8, 4) is 5.88 Å². The van der Waals surface area contributed by atoms with Crippen molar-refractivity contribution in [3.63, 3.8) is 0 Å². The first-order valence-corrected chi connectivity index (χ1v) is 9.68. The van der Waals surface area contributed by atoms with Gasteiger partial charge in [-0.25, -0.2) is 13.4 Å². The van der Waals surface area contributed by atoms with Gasteiger partial charge in [0.1, 0.15) is 6.04 Å². The summed E-state index contributed by atoms with van der Waals surface area (Å²) in [5.74, 6) is -0.348. The van der Waals surface area contributed by atoms with Crippen LogP contribution in [0, 0.1) is 5.92 Å². The van der Waals surface area contributed by atoms with Gasteiger partial charge in [-0.15, -0.1) is 0 Å². The molecule has 0 spiro atoms. The lowest BCUT2D eigenvalue weighted by Crippen LogP contribution is -2.47. The molecule has 2 N–H and O–H groups in total. The molecule has 2 aromatic rings. The van der Waals surface area contributed by atoms with Crippen molar-refractivity contribution in [1.82, 2.24) is 9.71 Å². The minimum absolute atomic E-state index is 0.0338. The van der Waals surface area contributed by atoms with Crippen molar-refractivity contribution in [2.24, 2.45) is 5.92 Å². The lowest BCUT2D eigenvalue weighted by molar-refractivity contribution is -0.118. The second-order valence-corrected chi connectivity index (χ2v) is 8.03. The number of halogens is 1. The number of anilines is 1. The van der Waals surface area contributed by atoms with E-state index in [2.05, 4.69) is 15.0 Å². The minimum atomic E-state index is -3.87. The summed E-state index contributed by atoms with van der Waals surface area (Å²) in [7, 11) is -2.39. The Morgan fingerprint density at radius 3 is 2.31 bits per heavy atom. The summed E-state index contributed by atoms with van der Waals surface area (Å²) in [6.45, 7) is 3.50. The number of nitrogens with zero attached hydrogens (tertiary/aromatic N) is 1. The van der Waals surface area contributed by atoms with Crippen LogP contribution in [-0.2, 0) is 14.8 Å². The first kappa shape index (κ1) is 20.2. The molecule has 0 saturated heterocycles. The molecule has 1 aromatic heterocycles. The van der Waals surface area contributed by atoms with E-state index in [1.807, 2.05) is 0 Å². The average molecular weight is 398 g/mol. The summed E-state index contributed by atoms with van der Waals surface area (Å²) in [4.78, 5) is 16.6. The highest BCUT2D eigenvalue weighted by molar-refractivity contribution is 7.89. The zero-order valence-corrected chi connectivity index (χ0v) is 16.1. The number of pyridine rings is 1. The maximum atomic E-state index is 12.6. The third-order valence-corrected chi connectivity index (χ3v) is 5.28. The van der Waals surface area contributed by atoms with Gasteiger partial charge < -0.3 is 10.1 Å². The highest BCUT2D eigenvalue weighted by Gasteiger charge is 2.28. The summed E-state index contributed by atoms with van der Waals surface area (Å²) >= 11 is 5.79. The first-order valence-electron chi connectivity index (χ1n) is 7.81. The molecule has 1 amide bonds. The number of rotatable bonds is 7. The summed E-state index contributed by atoms with van der Waals surface area (Å²) in [5, 5.41) is 3.08. The number of aromatic nitrogens is 1. The predicted octanol–water partition coefficient (Wildman–Crippen LogP) is 2.69. The Balaban J connectivity index is 2.16. The van der Waals surface area contributed by atoms with Gasteiger partial charge in [0.25, 0.3) is 0 Å². The standard InChI is InChI=1S/C17H20ClN3O4S/c1-11(2)16(17(22)20-13-6-9-15(25-3)19-10-13)21-26(23,24)14-7-4-12(18)5-8-14/h4-11,16,21H,1-3H3,(H,20,22)/t16-/m1/s1. The van der Waals surface area contributed by atoms with E-state index in [9.17, 15) is 13.2 Å². The fourth-order valence-electron chi connectivity index (χ4n) is 2.14. The quantitative estimate of drug-likeness (QED) is 0.748. The molecule has 0 saturated carbocycles. The molecule has 1 atom stereocenters. The van der Waals surface area contributed by atoms with E-state index >= 15 is 0 Å². The molecule has 26 heavy (non-hydrogen) atoms. The number of carbonyl (C=O) groups is 1. The van der Waals surface area contributed by atoms with Gasteiger partial charge in [0.15, 0.2) is 0 Å². The third kappa shape index (κ3) is 5.17. The Morgan fingerprint density at radius 1 is 1.15 bits per heavy atom. The van der Waals surface area contributed by atoms with Crippen molar-refractivity contribution in [1.29, 1.82) is 0 Å². The van der Waals surface area contributed by atoms with Gasteiger partial charge in [-0.05, 0) is 36.2 Å². The highest BCUT2D eigenvalue weighted by Crippen LogP contribution is 2.17. The number of hydrogen-bond acceptors (Lipinski definition) is 5. The van der Waals surface area contributed by atoms with Gasteiger partial charge in [0.05, 0.1) is 23.9 Å². The summed E-state index contributed by atoms with van der Waals surface area (Å²) in [5.41, 5.74) is 0.437. The molecule has 1 heterocycles. The zero-order valence-electron chi connectivity index (χ0n) is 14.6. The molecule has 2 rings (SSSR count). The number of methoxy groups -OCH3 is 1. The molecule has 0 radical (unpaired) electrons. The van der Waals surface area contributed by atoms with Crippen molar-refractivity contribution in [2.75, 3.05) is 12.4 Å². The van der Waals surface area contributed by atoms with Crippen molar-refractivity contribution in [2.45, 2.75) is 24.8 Å². The molecule has 140 valence electrons. The Hall–Kier alpha value is -2.16. The molecule has 0 fully saturated rings. The number of amides is 1. The van der Waals surface area contributed by atoms with Crippen LogP contribution in [0.1, 0.15) is 13.8 Å². The predicted molar refractivity (Wildman–Crippen MR) is 99.8 cm³/mol. The second-order valence-electron chi connectivity index (χ2n) is 5.88. The zero-order chi connectivity index (χ0) is 19.3. The molecular formula is C17H20ClN3O4S. The van der Waals surface area contributed by atoms with E-state index in [-0.39, 0.29) is 10.8 Å². The van der Waals surface area contributed by atoms with Crippen LogP contribution >= 0.6 is 11.6 Å². The van der Waals surface area contributed by atoms with Crippen LogP contribution in [0.2, 0.25) is 5.02 Å². The number of benzene rings is 1. The summed E-state index contributed by atoms with van der Waals surface area (Å²) in [6, 6.07) is 7.97. The Bertz CT molecular complexity index is 853. The molecular weight excluding hydrogens is 378 g/mol. The second kappa shape index (κ2) is 8.48. The highest BCUT2D eigenvalue weighted by atomic mass is 35.5. The normalized spacial score (nSPS) is 12.7. The van der Waals surface area contributed by atoms with Crippen LogP contribution in [0.4, 0.5) is 5.69 Å². The Labute approximate surface area is 157 Å². The maximum absolute atomic E-state index is 12.6. The van der Waals surface area contributed by atoms with Gasteiger partial charge in [0.2, 0.25) is 21.8 Å². The smallest absolute Gasteiger partial charge is 0.242 e. The van der Waals surface area contributed by atoms with Crippen LogP contribution in [0.25, 0.3) is 0 Å². The molecule has 0 aliphatic carbocycles. The van der Waals surface area contributed by atoms with E-state index in [1.165, 1.54) is 37.6 Å². The van der Waals surface area contributed by atoms with E-state index in [0.29, 0.717) is 16.6 Å². The Kier molecular flexibility index (Phi) is 6.57. The molecule has 7 nitrogen and oxygen atoms in total. The molecule has 0 unspecified atom stereocenters. The van der Waals surface area contributed by atoms with Gasteiger partial charge in [-0.3, -0.25) is 4.79 Å². The van der Waals surface area contributed by atoms with Gasteiger partial charge in [-0.1, -0.05) is 25.4 Å². The largest absolute Gasteiger partial charge is 0.481 e. The van der Waals surface area contributed by atoms with E-state index in [0.717, 1.165) is 0 Å². The average Bonchev–Trinajstić information content (AvgIpc) is 2.60. The Morgan fingerprint density at radius 2 is 1.81 bits per heavy atom. The number of carbonyl (C=O) groups excluding carboxylic acids is 1. The SMILES string of the molecule is COc1ccc(NC(=O)[C@H](NS(=O)(=O)c2ccc(Cl)cc2)C(C)C)cn1. The monoisotopic (exact) mass is 397 g/mol. The van der Waals surface area contributed by atoms with Gasteiger partial charge in [0, 0.05) is 11.1 Å². The summed E-state index contributed by atoms with van der Waals surface area (Å²) < 4.78 is 32.5. The van der Waals surface area contributed by atoms with Gasteiger partial charge in [-0.2, -0.15) is 4.72 Å². The number of hydrogen-bond donors (Lipinski definition) is 2. The topological polar surface area (TPSA) is 97.4 Å². The fraction of sp³-hybridized carbons (Fsp3) is 0.294. The molecule has 1 aromatic carbocycles. The number of nitrogens with one attached hydrogen (secondary N) is 2. The van der Waals surface area contributed by atoms with Crippen LogP contribution in [-0.4, -0.2) is 32.5 Å². The van der Waals surface area contributed by atoms with Crippen LogP contribution in [0.15, 0.2) is 47.5 Å². The lowest BCUT2D eigenvalue weighted by Gasteiger charge is -2.21. The van der Waals surface area contributed by atoms with Crippen molar-refractivity contribution >= 4 is 33.2 Å². The summed E-state index contributed by atoms with van der Waals surface area (Å²) in [6.07, 6.45) is 1.43. The maximum Gasteiger partial charge on any atom is 0.242 e. The molecule has 0 aliphatic heterocycles. The fourth-order valence-corrected chi connectivity index (χ4v) is 3.61. The van der Waals surface area contributed by atoms with Crippen molar-refractivity contribution < 1.29 is 17.9 Å². The third-order valence-electron chi connectivity index (χ3n) is 3.57. The first-order chi connectivity index (χ1) is 12.2. The van der Waals surface area contributed by atoms with Gasteiger partial charge >= 0.3 is 0 Å².